The highest BCUT2D eigenvalue weighted by molar-refractivity contribution is 5.91. The van der Waals surface area contributed by atoms with E-state index in [4.69, 9.17) is 4.98 Å². The van der Waals surface area contributed by atoms with Crippen molar-refractivity contribution >= 4 is 17.3 Å². The van der Waals surface area contributed by atoms with Crippen LogP contribution in [-0.2, 0) is 0 Å². The second kappa shape index (κ2) is 9.35. The van der Waals surface area contributed by atoms with E-state index in [0.717, 1.165) is 42.3 Å². The molecule has 1 aromatic carbocycles. The largest absolute Gasteiger partial charge is 0.359 e. The smallest absolute Gasteiger partial charge is 0.223 e. The third-order valence-corrected chi connectivity index (χ3v) is 5.71. The van der Waals surface area contributed by atoms with Gasteiger partial charge in [0.15, 0.2) is 0 Å². The van der Waals surface area contributed by atoms with Gasteiger partial charge in [-0.15, -0.1) is 0 Å². The second-order valence-electron chi connectivity index (χ2n) is 9.79. The van der Waals surface area contributed by atoms with Crippen molar-refractivity contribution in [1.82, 2.24) is 25.1 Å². The Morgan fingerprint density at radius 3 is 2.64 bits per heavy atom. The highest BCUT2D eigenvalue weighted by atomic mass is 19.1. The first kappa shape index (κ1) is 23.0. The Balaban J connectivity index is 1.70. The van der Waals surface area contributed by atoms with Crippen LogP contribution in [0.25, 0.3) is 11.4 Å². The molecule has 1 unspecified atom stereocenters. The molecule has 2 aliphatic rings. The van der Waals surface area contributed by atoms with E-state index in [9.17, 15) is 4.39 Å². The summed E-state index contributed by atoms with van der Waals surface area (Å²) in [6, 6.07) is 8.50. The van der Waals surface area contributed by atoms with Crippen LogP contribution in [-0.4, -0.2) is 52.6 Å². The Morgan fingerprint density at radius 1 is 1.18 bits per heavy atom. The average molecular weight is 449 g/mol. The molecule has 6 nitrogen and oxygen atoms in total. The van der Waals surface area contributed by atoms with Gasteiger partial charge in [-0.25, -0.2) is 14.4 Å². The van der Waals surface area contributed by atoms with E-state index in [1.807, 2.05) is 6.07 Å². The summed E-state index contributed by atoms with van der Waals surface area (Å²) in [6.45, 7) is 11.3. The molecule has 0 fully saturated rings. The fourth-order valence-corrected chi connectivity index (χ4v) is 3.82. The van der Waals surface area contributed by atoms with Crippen LogP contribution in [0, 0.1) is 11.2 Å². The topological polar surface area (TPSA) is 56.3 Å². The number of nitrogens with one attached hydrogen (secondary N) is 2. The fourth-order valence-electron chi connectivity index (χ4n) is 3.82. The summed E-state index contributed by atoms with van der Waals surface area (Å²) in [6.07, 6.45) is 8.24. The predicted molar refractivity (Wildman–Crippen MR) is 132 cm³/mol. The summed E-state index contributed by atoms with van der Waals surface area (Å²) >= 11 is 0. The third-order valence-electron chi connectivity index (χ3n) is 5.71. The van der Waals surface area contributed by atoms with Crippen LogP contribution in [0.1, 0.15) is 39.0 Å². The van der Waals surface area contributed by atoms with E-state index in [1.54, 1.807) is 18.3 Å². The molecule has 2 aliphatic heterocycles. The van der Waals surface area contributed by atoms with Crippen molar-refractivity contribution in [3.63, 3.8) is 0 Å². The van der Waals surface area contributed by atoms with Gasteiger partial charge in [0.1, 0.15) is 12.0 Å². The lowest BCUT2D eigenvalue weighted by Crippen LogP contribution is -2.35. The van der Waals surface area contributed by atoms with E-state index in [-0.39, 0.29) is 17.4 Å². The van der Waals surface area contributed by atoms with Crippen molar-refractivity contribution in [2.45, 2.75) is 33.9 Å². The predicted octanol–water partition coefficient (Wildman–Crippen LogP) is 4.54. The first-order chi connectivity index (χ1) is 15.7. The van der Waals surface area contributed by atoms with Crippen LogP contribution in [0.4, 0.5) is 10.3 Å². The maximum absolute atomic E-state index is 13.6. The summed E-state index contributed by atoms with van der Waals surface area (Å²) in [5.41, 5.74) is 4.96. The van der Waals surface area contributed by atoms with E-state index < -0.39 is 0 Å². The van der Waals surface area contributed by atoms with E-state index in [0.29, 0.717) is 5.95 Å². The van der Waals surface area contributed by atoms with Crippen molar-refractivity contribution in [1.29, 1.82) is 0 Å². The van der Waals surface area contributed by atoms with Crippen molar-refractivity contribution in [2.75, 3.05) is 32.0 Å². The van der Waals surface area contributed by atoms with Gasteiger partial charge in [-0.2, -0.15) is 0 Å². The molecule has 0 radical (unpaired) electrons. The number of anilines is 1. The monoisotopic (exact) mass is 448 g/mol. The molecule has 33 heavy (non-hydrogen) atoms. The number of rotatable bonds is 7. The number of likely N-dealkylation sites (N-methyl/N-ethyl adjacent to an activating group) is 1. The SMILES string of the molecule is CCN(C)CC1=CC2NC(c3ccc(F)cc3)=C(c3ccnc(NCC(C)(C)C)n3)N2C=C1. The molecule has 0 amide bonds. The third kappa shape index (κ3) is 5.42. The lowest BCUT2D eigenvalue weighted by atomic mass is 9.97. The Labute approximate surface area is 195 Å². The lowest BCUT2D eigenvalue weighted by molar-refractivity contribution is 0.377. The number of aromatic nitrogens is 2. The van der Waals surface area contributed by atoms with Gasteiger partial charge in [0.25, 0.3) is 0 Å². The minimum absolute atomic E-state index is 0.0359. The summed E-state index contributed by atoms with van der Waals surface area (Å²) in [5, 5.41) is 6.98. The van der Waals surface area contributed by atoms with E-state index in [2.05, 4.69) is 78.5 Å². The summed E-state index contributed by atoms with van der Waals surface area (Å²) in [7, 11) is 2.11. The molecular formula is C26H33FN6. The zero-order chi connectivity index (χ0) is 23.6. The number of fused-ring (bicyclic) bond motifs is 1. The van der Waals surface area contributed by atoms with Crippen molar-refractivity contribution in [3.8, 4) is 0 Å². The van der Waals surface area contributed by atoms with Gasteiger partial charge < -0.3 is 20.4 Å². The number of nitrogens with zero attached hydrogens (tertiary/aromatic N) is 4. The molecular weight excluding hydrogens is 415 g/mol. The summed E-state index contributed by atoms with van der Waals surface area (Å²) in [4.78, 5) is 13.7. The minimum Gasteiger partial charge on any atom is -0.359 e. The zero-order valence-corrected chi connectivity index (χ0v) is 20.1. The molecule has 174 valence electrons. The molecule has 1 atom stereocenters. The molecule has 7 heteroatoms. The Bertz CT molecular complexity index is 1080. The zero-order valence-electron chi connectivity index (χ0n) is 20.1. The number of halogens is 1. The molecule has 0 spiro atoms. The maximum Gasteiger partial charge on any atom is 0.223 e. The van der Waals surface area contributed by atoms with Crippen LogP contribution < -0.4 is 10.6 Å². The normalized spacial score (nSPS) is 17.8. The maximum atomic E-state index is 13.6. The standard InChI is InChI=1S/C26H33FN6/c1-6-32(5)16-18-12-14-33-22(15-18)31-23(19-7-9-20(27)10-8-19)24(33)21-11-13-28-25(30-21)29-17-26(2,3)4/h7-15,22,31H,6,16-17H2,1-5H3,(H,28,29,30). The van der Waals surface area contributed by atoms with Crippen molar-refractivity contribution in [2.24, 2.45) is 5.41 Å². The molecule has 4 rings (SSSR count). The van der Waals surface area contributed by atoms with E-state index in [1.165, 1.54) is 17.7 Å². The van der Waals surface area contributed by atoms with Gasteiger partial charge in [0.2, 0.25) is 5.95 Å². The molecule has 0 aliphatic carbocycles. The average Bonchev–Trinajstić information content (AvgIpc) is 3.16. The van der Waals surface area contributed by atoms with E-state index >= 15 is 0 Å². The minimum atomic E-state index is -0.253. The van der Waals surface area contributed by atoms with Crippen LogP contribution in [0.5, 0.6) is 0 Å². The first-order valence-corrected chi connectivity index (χ1v) is 11.4. The van der Waals surface area contributed by atoms with Crippen LogP contribution in [0.2, 0.25) is 0 Å². The molecule has 3 heterocycles. The molecule has 0 saturated carbocycles. The van der Waals surface area contributed by atoms with Crippen molar-refractivity contribution < 1.29 is 4.39 Å². The number of hydrogen-bond donors (Lipinski definition) is 2. The van der Waals surface area contributed by atoms with Gasteiger partial charge in [-0.1, -0.05) is 27.7 Å². The molecule has 0 saturated heterocycles. The summed E-state index contributed by atoms with van der Waals surface area (Å²) < 4.78 is 13.6. The number of hydrogen-bond acceptors (Lipinski definition) is 6. The molecule has 2 aromatic rings. The highest BCUT2D eigenvalue weighted by Gasteiger charge is 2.33. The molecule has 0 bridgehead atoms. The Hall–Kier alpha value is -3.19. The fraction of sp³-hybridized carbons (Fsp3) is 0.385. The van der Waals surface area contributed by atoms with Gasteiger partial charge >= 0.3 is 0 Å². The first-order valence-electron chi connectivity index (χ1n) is 11.4. The highest BCUT2D eigenvalue weighted by Crippen LogP contribution is 2.37. The quantitative estimate of drug-likeness (QED) is 0.649. The lowest BCUT2D eigenvalue weighted by Gasteiger charge is -2.28. The number of benzene rings is 1. The van der Waals surface area contributed by atoms with Crippen molar-refractivity contribution in [3.05, 3.63) is 77.5 Å². The van der Waals surface area contributed by atoms with Gasteiger partial charge in [-0.05, 0) is 67.1 Å². The van der Waals surface area contributed by atoms with Gasteiger partial charge in [0, 0.05) is 31.0 Å². The van der Waals surface area contributed by atoms with Crippen LogP contribution in [0.15, 0.2) is 60.5 Å². The Kier molecular flexibility index (Phi) is 6.51. The second-order valence-corrected chi connectivity index (χ2v) is 9.79. The van der Waals surface area contributed by atoms with Gasteiger partial charge in [-0.3, -0.25) is 0 Å². The summed E-state index contributed by atoms with van der Waals surface area (Å²) in [5.74, 6) is 0.343. The Morgan fingerprint density at radius 2 is 1.94 bits per heavy atom. The van der Waals surface area contributed by atoms with Gasteiger partial charge in [0.05, 0.1) is 17.1 Å². The molecule has 2 N–H and O–H groups in total. The van der Waals surface area contributed by atoms with Crippen LogP contribution in [0.3, 0.4) is 0 Å². The molecule has 1 aromatic heterocycles. The van der Waals surface area contributed by atoms with Crippen LogP contribution >= 0.6 is 0 Å².